The van der Waals surface area contributed by atoms with E-state index in [0.29, 0.717) is 12.3 Å². The second kappa shape index (κ2) is 9.54. The van der Waals surface area contributed by atoms with E-state index in [1.165, 1.54) is 5.56 Å². The van der Waals surface area contributed by atoms with Crippen LogP contribution < -0.4 is 5.32 Å². The summed E-state index contributed by atoms with van der Waals surface area (Å²) in [7, 11) is 0. The first-order chi connectivity index (χ1) is 9.61. The Kier molecular flexibility index (Phi) is 7.97. The average Bonchev–Trinajstić information content (AvgIpc) is 2.44. The Hall–Kier alpha value is -1.35. The molecule has 1 rings (SSSR count). The molecule has 0 bridgehead atoms. The first-order valence-corrected chi connectivity index (χ1v) is 7.64. The van der Waals surface area contributed by atoms with Crippen molar-refractivity contribution in [1.29, 1.82) is 0 Å². The summed E-state index contributed by atoms with van der Waals surface area (Å²) < 4.78 is 0. The molecule has 0 aliphatic rings. The molecule has 0 aliphatic heterocycles. The Morgan fingerprint density at radius 1 is 1.25 bits per heavy atom. The van der Waals surface area contributed by atoms with Crippen LogP contribution in [0.25, 0.3) is 0 Å². The molecule has 0 aliphatic carbocycles. The van der Waals surface area contributed by atoms with Crippen LogP contribution in [0, 0.1) is 5.92 Å². The number of carbonyl (C=O) groups excluding carboxylic acids is 1. The zero-order valence-corrected chi connectivity index (χ0v) is 13.1. The van der Waals surface area contributed by atoms with Crippen LogP contribution in [0.15, 0.2) is 30.3 Å². The number of amides is 1. The van der Waals surface area contributed by atoms with Gasteiger partial charge in [-0.1, -0.05) is 51.1 Å². The summed E-state index contributed by atoms with van der Waals surface area (Å²) in [5.74, 6) is 0.803. The van der Waals surface area contributed by atoms with E-state index in [2.05, 4.69) is 55.3 Å². The number of rotatable bonds is 9. The van der Waals surface area contributed by atoms with E-state index < -0.39 is 0 Å². The lowest BCUT2D eigenvalue weighted by Gasteiger charge is -2.20. The highest BCUT2D eigenvalue weighted by Crippen LogP contribution is 2.04. The molecule has 1 N–H and O–H groups in total. The molecule has 1 aromatic rings. The van der Waals surface area contributed by atoms with Crippen molar-refractivity contribution < 1.29 is 4.79 Å². The van der Waals surface area contributed by atoms with Gasteiger partial charge in [-0.2, -0.15) is 0 Å². The van der Waals surface area contributed by atoms with Gasteiger partial charge >= 0.3 is 0 Å². The van der Waals surface area contributed by atoms with Gasteiger partial charge < -0.3 is 5.32 Å². The Balaban J connectivity index is 2.25. The van der Waals surface area contributed by atoms with Gasteiger partial charge in [-0.3, -0.25) is 9.69 Å². The van der Waals surface area contributed by atoms with E-state index >= 15 is 0 Å². The van der Waals surface area contributed by atoms with Crippen molar-refractivity contribution in [3.63, 3.8) is 0 Å². The van der Waals surface area contributed by atoms with E-state index in [1.807, 2.05) is 6.07 Å². The monoisotopic (exact) mass is 276 g/mol. The maximum Gasteiger partial charge on any atom is 0.221 e. The summed E-state index contributed by atoms with van der Waals surface area (Å²) in [4.78, 5) is 14.1. The van der Waals surface area contributed by atoms with Crippen molar-refractivity contribution in [2.45, 2.75) is 40.2 Å². The van der Waals surface area contributed by atoms with E-state index in [1.54, 1.807) is 0 Å². The van der Waals surface area contributed by atoms with E-state index in [-0.39, 0.29) is 5.91 Å². The summed E-state index contributed by atoms with van der Waals surface area (Å²) in [5.41, 5.74) is 1.30. The molecule has 0 saturated heterocycles. The molecule has 0 radical (unpaired) electrons. The summed E-state index contributed by atoms with van der Waals surface area (Å²) >= 11 is 0. The van der Waals surface area contributed by atoms with Crippen molar-refractivity contribution in [3.05, 3.63) is 35.9 Å². The Morgan fingerprint density at radius 3 is 2.55 bits per heavy atom. The van der Waals surface area contributed by atoms with Gasteiger partial charge in [0, 0.05) is 26.1 Å². The van der Waals surface area contributed by atoms with Gasteiger partial charge in [0.1, 0.15) is 0 Å². The molecule has 0 saturated carbocycles. The number of nitrogens with one attached hydrogen (secondary N) is 1. The van der Waals surface area contributed by atoms with Crippen LogP contribution in [0.4, 0.5) is 0 Å². The van der Waals surface area contributed by atoms with Gasteiger partial charge in [0.2, 0.25) is 5.91 Å². The normalized spacial score (nSPS) is 11.1. The minimum atomic E-state index is 0.164. The van der Waals surface area contributed by atoms with Gasteiger partial charge in [0.15, 0.2) is 0 Å². The standard InChI is InChI=1S/C17H28N2O/c1-4-19(14-16-8-6-5-7-9-16)13-11-17(20)18-12-10-15(2)3/h5-9,15H,4,10-14H2,1-3H3,(H,18,20). The van der Waals surface area contributed by atoms with Crippen LogP contribution in [-0.2, 0) is 11.3 Å². The molecule has 112 valence electrons. The maximum atomic E-state index is 11.8. The van der Waals surface area contributed by atoms with Crippen LogP contribution in [-0.4, -0.2) is 30.4 Å². The first kappa shape index (κ1) is 16.7. The predicted octanol–water partition coefficient (Wildman–Crippen LogP) is 3.06. The van der Waals surface area contributed by atoms with Crippen molar-refractivity contribution in [1.82, 2.24) is 10.2 Å². The molecule has 0 heterocycles. The molecule has 1 aromatic carbocycles. The molecule has 20 heavy (non-hydrogen) atoms. The fraction of sp³-hybridized carbons (Fsp3) is 0.588. The Labute approximate surface area is 123 Å². The molecular formula is C17H28N2O. The number of benzene rings is 1. The zero-order valence-electron chi connectivity index (χ0n) is 13.1. The third-order valence-corrected chi connectivity index (χ3v) is 3.40. The average molecular weight is 276 g/mol. The minimum absolute atomic E-state index is 0.164. The molecule has 1 amide bonds. The Bertz CT molecular complexity index is 376. The topological polar surface area (TPSA) is 32.3 Å². The largest absolute Gasteiger partial charge is 0.356 e. The molecule has 3 nitrogen and oxygen atoms in total. The number of carbonyl (C=O) groups is 1. The highest BCUT2D eigenvalue weighted by atomic mass is 16.1. The molecule has 0 spiro atoms. The second-order valence-corrected chi connectivity index (χ2v) is 5.64. The summed E-state index contributed by atoms with van der Waals surface area (Å²) in [6.07, 6.45) is 1.63. The highest BCUT2D eigenvalue weighted by molar-refractivity contribution is 5.75. The molecule has 0 fully saturated rings. The third-order valence-electron chi connectivity index (χ3n) is 3.40. The van der Waals surface area contributed by atoms with Crippen molar-refractivity contribution in [2.75, 3.05) is 19.6 Å². The van der Waals surface area contributed by atoms with Gasteiger partial charge in [-0.05, 0) is 24.4 Å². The summed E-state index contributed by atoms with van der Waals surface area (Å²) in [6, 6.07) is 10.4. The summed E-state index contributed by atoms with van der Waals surface area (Å²) in [5, 5.41) is 2.99. The molecule has 0 atom stereocenters. The number of nitrogens with zero attached hydrogens (tertiary/aromatic N) is 1. The van der Waals surface area contributed by atoms with Crippen molar-refractivity contribution in [2.24, 2.45) is 5.92 Å². The van der Waals surface area contributed by atoms with Gasteiger partial charge in [-0.15, -0.1) is 0 Å². The van der Waals surface area contributed by atoms with Gasteiger partial charge in [0.25, 0.3) is 0 Å². The van der Waals surface area contributed by atoms with Crippen LogP contribution in [0.5, 0.6) is 0 Å². The lowest BCUT2D eigenvalue weighted by molar-refractivity contribution is -0.121. The number of hydrogen-bond donors (Lipinski definition) is 1. The Morgan fingerprint density at radius 2 is 1.95 bits per heavy atom. The smallest absolute Gasteiger partial charge is 0.221 e. The van der Waals surface area contributed by atoms with Crippen molar-refractivity contribution >= 4 is 5.91 Å². The second-order valence-electron chi connectivity index (χ2n) is 5.64. The molecule has 0 unspecified atom stereocenters. The number of hydrogen-bond acceptors (Lipinski definition) is 2. The zero-order chi connectivity index (χ0) is 14.8. The van der Waals surface area contributed by atoms with Crippen LogP contribution in [0.3, 0.4) is 0 Å². The van der Waals surface area contributed by atoms with Gasteiger partial charge in [0.05, 0.1) is 0 Å². The third kappa shape index (κ3) is 7.29. The van der Waals surface area contributed by atoms with Crippen LogP contribution in [0.1, 0.15) is 39.2 Å². The fourth-order valence-corrected chi connectivity index (χ4v) is 2.04. The molecule has 3 heteroatoms. The molecule has 0 aromatic heterocycles. The lowest BCUT2D eigenvalue weighted by atomic mass is 10.1. The predicted molar refractivity (Wildman–Crippen MR) is 84.5 cm³/mol. The lowest BCUT2D eigenvalue weighted by Crippen LogP contribution is -2.31. The van der Waals surface area contributed by atoms with E-state index in [9.17, 15) is 4.79 Å². The molecular weight excluding hydrogens is 248 g/mol. The highest BCUT2D eigenvalue weighted by Gasteiger charge is 2.07. The fourth-order valence-electron chi connectivity index (χ4n) is 2.04. The van der Waals surface area contributed by atoms with E-state index in [0.717, 1.165) is 32.6 Å². The minimum Gasteiger partial charge on any atom is -0.356 e. The van der Waals surface area contributed by atoms with Crippen molar-refractivity contribution in [3.8, 4) is 0 Å². The maximum absolute atomic E-state index is 11.8. The summed E-state index contributed by atoms with van der Waals surface area (Å²) in [6.45, 7) is 9.97. The van der Waals surface area contributed by atoms with Crippen LogP contribution >= 0.6 is 0 Å². The van der Waals surface area contributed by atoms with Gasteiger partial charge in [-0.25, -0.2) is 0 Å². The van der Waals surface area contributed by atoms with E-state index in [4.69, 9.17) is 0 Å². The quantitative estimate of drug-likeness (QED) is 0.752. The first-order valence-electron chi connectivity index (χ1n) is 7.64. The SMILES string of the molecule is CCN(CCC(=O)NCCC(C)C)Cc1ccccc1. The van der Waals surface area contributed by atoms with Crippen LogP contribution in [0.2, 0.25) is 0 Å².